The Morgan fingerprint density at radius 2 is 1.69 bits per heavy atom. The van der Waals surface area contributed by atoms with Gasteiger partial charge in [0.25, 0.3) is 0 Å². The molecule has 16 heavy (non-hydrogen) atoms. The zero-order valence-electron chi connectivity index (χ0n) is 9.86. The molecule has 1 heteroatoms. The van der Waals surface area contributed by atoms with E-state index in [1.165, 1.54) is 44.1 Å². The highest BCUT2D eigenvalue weighted by atomic mass is 14.8. The number of rotatable bonds is 3. The maximum Gasteiger partial charge on any atom is 0.0165 e. The van der Waals surface area contributed by atoms with Crippen LogP contribution in [0.5, 0.6) is 0 Å². The molecular weight excluding hydrogens is 194 g/mol. The van der Waals surface area contributed by atoms with Gasteiger partial charge >= 0.3 is 0 Å². The topological polar surface area (TPSA) is 26.0 Å². The van der Waals surface area contributed by atoms with Gasteiger partial charge in [-0.2, -0.15) is 0 Å². The van der Waals surface area contributed by atoms with E-state index in [9.17, 15) is 0 Å². The summed E-state index contributed by atoms with van der Waals surface area (Å²) in [5.41, 5.74) is 8.38. The first-order valence-electron chi connectivity index (χ1n) is 6.64. The number of hydrogen-bond acceptors (Lipinski definition) is 1. The standard InChI is InChI=1S/C15H21N/c16-14(12-6-4-5-7-12)15(10-11-15)13-8-2-1-3-9-13/h1-3,8-9,12,14H,4-7,10-11,16H2. The Balaban J connectivity index is 1.82. The molecule has 0 aliphatic heterocycles. The predicted octanol–water partition coefficient (Wildman–Crippen LogP) is 3.24. The molecule has 0 amide bonds. The molecule has 2 aliphatic carbocycles. The molecule has 0 heterocycles. The fraction of sp³-hybridized carbons (Fsp3) is 0.600. The summed E-state index contributed by atoms with van der Waals surface area (Å²) in [7, 11) is 0. The lowest BCUT2D eigenvalue weighted by Crippen LogP contribution is -2.40. The second kappa shape index (κ2) is 3.89. The van der Waals surface area contributed by atoms with Crippen molar-refractivity contribution in [2.24, 2.45) is 11.7 Å². The Morgan fingerprint density at radius 1 is 1.06 bits per heavy atom. The minimum Gasteiger partial charge on any atom is -0.327 e. The molecule has 0 spiro atoms. The normalized spacial score (nSPS) is 25.6. The average Bonchev–Trinajstić information content (AvgIpc) is 2.97. The summed E-state index contributed by atoms with van der Waals surface area (Å²) in [5.74, 6) is 0.780. The van der Waals surface area contributed by atoms with Gasteiger partial charge in [-0.3, -0.25) is 0 Å². The summed E-state index contributed by atoms with van der Waals surface area (Å²) in [6.07, 6.45) is 8.10. The minimum absolute atomic E-state index is 0.344. The van der Waals surface area contributed by atoms with Crippen molar-refractivity contribution in [1.82, 2.24) is 0 Å². The first-order valence-corrected chi connectivity index (χ1v) is 6.64. The van der Waals surface area contributed by atoms with Crippen LogP contribution in [0.15, 0.2) is 30.3 Å². The zero-order chi connectivity index (χ0) is 11.0. The summed E-state index contributed by atoms with van der Waals surface area (Å²) >= 11 is 0. The number of nitrogens with two attached hydrogens (primary N) is 1. The van der Waals surface area contributed by atoms with Gasteiger partial charge in [-0.1, -0.05) is 43.2 Å². The molecule has 1 unspecified atom stereocenters. The monoisotopic (exact) mass is 215 g/mol. The van der Waals surface area contributed by atoms with Crippen LogP contribution in [0.4, 0.5) is 0 Å². The summed E-state index contributed by atoms with van der Waals surface area (Å²) in [6.45, 7) is 0. The summed E-state index contributed by atoms with van der Waals surface area (Å²) in [6, 6.07) is 11.3. The molecule has 2 saturated carbocycles. The zero-order valence-corrected chi connectivity index (χ0v) is 9.86. The molecule has 1 aromatic rings. The van der Waals surface area contributed by atoms with Gasteiger partial charge in [0.2, 0.25) is 0 Å². The molecular formula is C15H21N. The minimum atomic E-state index is 0.344. The fourth-order valence-electron chi connectivity index (χ4n) is 3.49. The molecule has 86 valence electrons. The van der Waals surface area contributed by atoms with Gasteiger partial charge in [-0.25, -0.2) is 0 Å². The van der Waals surface area contributed by atoms with Crippen molar-refractivity contribution in [2.75, 3.05) is 0 Å². The van der Waals surface area contributed by atoms with Crippen molar-refractivity contribution in [3.63, 3.8) is 0 Å². The summed E-state index contributed by atoms with van der Waals surface area (Å²) < 4.78 is 0. The molecule has 3 rings (SSSR count). The van der Waals surface area contributed by atoms with Gasteiger partial charge in [-0.05, 0) is 37.2 Å². The number of benzene rings is 1. The van der Waals surface area contributed by atoms with E-state index in [4.69, 9.17) is 5.73 Å². The molecule has 0 aromatic heterocycles. The largest absolute Gasteiger partial charge is 0.327 e. The van der Waals surface area contributed by atoms with E-state index in [0.29, 0.717) is 11.5 Å². The van der Waals surface area contributed by atoms with Crippen molar-refractivity contribution >= 4 is 0 Å². The van der Waals surface area contributed by atoms with Crippen molar-refractivity contribution in [3.8, 4) is 0 Å². The maximum absolute atomic E-state index is 6.55. The van der Waals surface area contributed by atoms with Gasteiger partial charge in [0.15, 0.2) is 0 Å². The molecule has 2 N–H and O–H groups in total. The van der Waals surface area contributed by atoms with E-state index in [1.54, 1.807) is 0 Å². The van der Waals surface area contributed by atoms with Crippen LogP contribution in [0.2, 0.25) is 0 Å². The third-order valence-corrected chi connectivity index (χ3v) is 4.68. The van der Waals surface area contributed by atoms with Crippen molar-refractivity contribution in [2.45, 2.75) is 50.0 Å². The van der Waals surface area contributed by atoms with Gasteiger partial charge in [0, 0.05) is 11.5 Å². The van der Waals surface area contributed by atoms with Crippen LogP contribution in [-0.4, -0.2) is 6.04 Å². The lowest BCUT2D eigenvalue weighted by molar-refractivity contribution is 0.359. The van der Waals surface area contributed by atoms with Gasteiger partial charge in [0.05, 0.1) is 0 Å². The summed E-state index contributed by atoms with van der Waals surface area (Å²) in [5, 5.41) is 0. The van der Waals surface area contributed by atoms with Crippen LogP contribution in [0.25, 0.3) is 0 Å². The smallest absolute Gasteiger partial charge is 0.0165 e. The molecule has 0 radical (unpaired) electrons. The molecule has 0 bridgehead atoms. The first kappa shape index (κ1) is 10.3. The van der Waals surface area contributed by atoms with Crippen LogP contribution in [-0.2, 0) is 5.41 Å². The Kier molecular flexibility index (Phi) is 2.51. The SMILES string of the molecule is NC(C1CCCC1)C1(c2ccccc2)CC1. The van der Waals surface area contributed by atoms with E-state index in [1.807, 2.05) is 0 Å². The second-order valence-corrected chi connectivity index (χ2v) is 5.59. The van der Waals surface area contributed by atoms with E-state index < -0.39 is 0 Å². The fourth-order valence-corrected chi connectivity index (χ4v) is 3.49. The average molecular weight is 215 g/mol. The van der Waals surface area contributed by atoms with E-state index in [0.717, 1.165) is 5.92 Å². The second-order valence-electron chi connectivity index (χ2n) is 5.59. The van der Waals surface area contributed by atoms with Gasteiger partial charge in [-0.15, -0.1) is 0 Å². The first-order chi connectivity index (χ1) is 7.83. The predicted molar refractivity (Wildman–Crippen MR) is 67.3 cm³/mol. The Labute approximate surface area is 98.0 Å². The van der Waals surface area contributed by atoms with Crippen molar-refractivity contribution in [1.29, 1.82) is 0 Å². The molecule has 2 fully saturated rings. The highest BCUT2D eigenvalue weighted by molar-refractivity contribution is 5.34. The molecule has 1 aromatic carbocycles. The van der Waals surface area contributed by atoms with Crippen LogP contribution in [0.3, 0.4) is 0 Å². The van der Waals surface area contributed by atoms with Gasteiger partial charge in [0.1, 0.15) is 0 Å². The van der Waals surface area contributed by atoms with Crippen LogP contribution < -0.4 is 5.73 Å². The van der Waals surface area contributed by atoms with Gasteiger partial charge < -0.3 is 5.73 Å². The lowest BCUT2D eigenvalue weighted by Gasteiger charge is -2.29. The van der Waals surface area contributed by atoms with Crippen LogP contribution in [0, 0.1) is 5.92 Å². The summed E-state index contributed by atoms with van der Waals surface area (Å²) in [4.78, 5) is 0. The number of hydrogen-bond donors (Lipinski definition) is 1. The molecule has 1 nitrogen and oxygen atoms in total. The third kappa shape index (κ3) is 1.58. The van der Waals surface area contributed by atoms with Crippen LogP contribution >= 0.6 is 0 Å². The molecule has 1 atom stereocenters. The molecule has 0 saturated heterocycles. The van der Waals surface area contributed by atoms with E-state index in [2.05, 4.69) is 30.3 Å². The Morgan fingerprint density at radius 3 is 2.25 bits per heavy atom. The maximum atomic E-state index is 6.55. The highest BCUT2D eigenvalue weighted by Crippen LogP contribution is 2.53. The quantitative estimate of drug-likeness (QED) is 0.823. The van der Waals surface area contributed by atoms with Crippen LogP contribution in [0.1, 0.15) is 44.1 Å². The Hall–Kier alpha value is -0.820. The molecule has 2 aliphatic rings. The van der Waals surface area contributed by atoms with Crippen molar-refractivity contribution in [3.05, 3.63) is 35.9 Å². The highest BCUT2D eigenvalue weighted by Gasteiger charge is 2.51. The lowest BCUT2D eigenvalue weighted by atomic mass is 9.80. The Bertz CT molecular complexity index is 347. The van der Waals surface area contributed by atoms with Crippen molar-refractivity contribution < 1.29 is 0 Å². The third-order valence-electron chi connectivity index (χ3n) is 4.68. The van der Waals surface area contributed by atoms with E-state index in [-0.39, 0.29) is 0 Å². The van der Waals surface area contributed by atoms with E-state index >= 15 is 0 Å².